The van der Waals surface area contributed by atoms with Gasteiger partial charge in [0.1, 0.15) is 5.41 Å². The van der Waals surface area contributed by atoms with E-state index in [0.29, 0.717) is 0 Å². The van der Waals surface area contributed by atoms with Crippen LogP contribution in [0.15, 0.2) is 57.9 Å². The summed E-state index contributed by atoms with van der Waals surface area (Å²) in [5, 5.41) is 8.98. The molecule has 3 atom stereocenters. The lowest BCUT2D eigenvalue weighted by Crippen LogP contribution is -2.19. The largest absolute Gasteiger partial charge is 0.383 e. The van der Waals surface area contributed by atoms with Crippen molar-refractivity contribution < 1.29 is 13.2 Å². The van der Waals surface area contributed by atoms with Crippen LogP contribution in [0.3, 0.4) is 0 Å². The molecule has 0 heterocycles. The number of rotatable bonds is 5. The van der Waals surface area contributed by atoms with Crippen molar-refractivity contribution in [2.45, 2.75) is 23.0 Å². The first-order valence-corrected chi connectivity index (χ1v) is 10.2. The zero-order valence-electron chi connectivity index (χ0n) is 13.9. The summed E-state index contributed by atoms with van der Waals surface area (Å²) in [6, 6.07) is 16.4. The van der Waals surface area contributed by atoms with Gasteiger partial charge in [-0.3, -0.25) is 0 Å². The molecule has 2 aromatic rings. The number of hydrogen-bond donors (Lipinski definition) is 0. The number of hydrogen-bond acceptors (Lipinski definition) is 4. The Labute approximate surface area is 156 Å². The van der Waals surface area contributed by atoms with Gasteiger partial charge in [-0.25, -0.2) is 8.42 Å². The van der Waals surface area contributed by atoms with E-state index in [1.165, 1.54) is 7.11 Å². The Morgan fingerprint density at radius 2 is 1.76 bits per heavy atom. The van der Waals surface area contributed by atoms with E-state index < -0.39 is 26.4 Å². The second kappa shape index (κ2) is 6.56. The summed E-state index contributed by atoms with van der Waals surface area (Å²) in [4.78, 5) is 0.249. The van der Waals surface area contributed by atoms with Crippen LogP contribution in [0.5, 0.6) is 0 Å². The standard InChI is InChI=1S/C19H18BrNO3S/c1-13-3-9-16(10-4-13)25(22,23)18-17(19(18,11-21)12-24-2)14-5-7-15(20)8-6-14/h3-10,17-18H,12H2,1-2H3/t17-,18-,19-/m0/s1. The number of benzene rings is 2. The molecule has 0 aliphatic heterocycles. The lowest BCUT2D eigenvalue weighted by atomic mass is 10.0. The number of halogens is 1. The van der Waals surface area contributed by atoms with Crippen molar-refractivity contribution in [1.29, 1.82) is 5.26 Å². The molecule has 2 aromatic carbocycles. The van der Waals surface area contributed by atoms with Crippen LogP contribution in [0.4, 0.5) is 0 Å². The Bertz CT molecular complexity index is 917. The van der Waals surface area contributed by atoms with Crippen LogP contribution in [0.1, 0.15) is 17.0 Å². The zero-order chi connectivity index (χ0) is 18.2. The van der Waals surface area contributed by atoms with Crippen LogP contribution >= 0.6 is 15.9 Å². The smallest absolute Gasteiger partial charge is 0.183 e. The third kappa shape index (κ3) is 3.01. The highest BCUT2D eigenvalue weighted by atomic mass is 79.9. The topological polar surface area (TPSA) is 67.2 Å². The Balaban J connectivity index is 2.07. The van der Waals surface area contributed by atoms with Gasteiger partial charge in [-0.2, -0.15) is 5.26 Å². The molecule has 6 heteroatoms. The van der Waals surface area contributed by atoms with Gasteiger partial charge in [0.15, 0.2) is 9.84 Å². The van der Waals surface area contributed by atoms with Gasteiger partial charge in [-0.15, -0.1) is 0 Å². The lowest BCUT2D eigenvalue weighted by Gasteiger charge is -2.08. The minimum absolute atomic E-state index is 0.0833. The Morgan fingerprint density at radius 1 is 1.16 bits per heavy atom. The molecule has 0 amide bonds. The fourth-order valence-corrected chi connectivity index (χ4v) is 6.03. The quantitative estimate of drug-likeness (QED) is 0.737. The number of methoxy groups -OCH3 is 1. The Hall–Kier alpha value is -1.68. The molecule has 0 saturated heterocycles. The molecule has 4 nitrogen and oxygen atoms in total. The van der Waals surface area contributed by atoms with Crippen molar-refractivity contribution >= 4 is 25.8 Å². The highest BCUT2D eigenvalue weighted by Crippen LogP contribution is 2.63. The van der Waals surface area contributed by atoms with Crippen molar-refractivity contribution in [3.8, 4) is 6.07 Å². The molecule has 0 N–H and O–H groups in total. The number of nitrogens with zero attached hydrogens (tertiary/aromatic N) is 1. The van der Waals surface area contributed by atoms with Gasteiger partial charge in [0.25, 0.3) is 0 Å². The van der Waals surface area contributed by atoms with Crippen molar-refractivity contribution in [3.05, 3.63) is 64.1 Å². The van der Waals surface area contributed by atoms with Gasteiger partial charge >= 0.3 is 0 Å². The molecule has 0 bridgehead atoms. The second-order valence-corrected chi connectivity index (χ2v) is 9.38. The monoisotopic (exact) mass is 419 g/mol. The number of nitriles is 1. The summed E-state index contributed by atoms with van der Waals surface area (Å²) < 4.78 is 32.5. The fraction of sp³-hybridized carbons (Fsp3) is 0.316. The van der Waals surface area contributed by atoms with Gasteiger partial charge < -0.3 is 4.74 Å². The van der Waals surface area contributed by atoms with E-state index >= 15 is 0 Å². The SMILES string of the molecule is COC[C@@]1(C#N)[C@@H](c2ccc(Br)cc2)[C@@H]1S(=O)(=O)c1ccc(C)cc1. The average Bonchev–Trinajstić information content (AvgIpc) is 3.26. The number of ether oxygens (including phenoxy) is 1. The number of aryl methyl sites for hydroxylation is 1. The van der Waals surface area contributed by atoms with E-state index in [2.05, 4.69) is 22.0 Å². The summed E-state index contributed by atoms with van der Waals surface area (Å²) in [5.74, 6) is -0.406. The van der Waals surface area contributed by atoms with Crippen molar-refractivity contribution in [3.63, 3.8) is 0 Å². The first-order valence-electron chi connectivity index (χ1n) is 7.83. The number of sulfone groups is 1. The molecule has 1 fully saturated rings. The molecule has 1 saturated carbocycles. The van der Waals surface area contributed by atoms with Crippen LogP contribution in [0.25, 0.3) is 0 Å². The Morgan fingerprint density at radius 3 is 2.28 bits per heavy atom. The highest BCUT2D eigenvalue weighted by Gasteiger charge is 2.72. The first-order chi connectivity index (χ1) is 11.9. The molecular formula is C19H18BrNO3S. The van der Waals surface area contributed by atoms with Crippen molar-refractivity contribution in [1.82, 2.24) is 0 Å². The van der Waals surface area contributed by atoms with Crippen molar-refractivity contribution in [2.75, 3.05) is 13.7 Å². The van der Waals surface area contributed by atoms with E-state index in [1.54, 1.807) is 24.3 Å². The van der Waals surface area contributed by atoms with Crippen LogP contribution in [-0.2, 0) is 14.6 Å². The van der Waals surface area contributed by atoms with Gasteiger partial charge in [-0.05, 0) is 36.8 Å². The van der Waals surface area contributed by atoms with Crippen LogP contribution in [0.2, 0.25) is 0 Å². The maximum absolute atomic E-state index is 13.2. The third-order valence-electron chi connectivity index (χ3n) is 4.76. The summed E-state index contributed by atoms with van der Waals surface area (Å²) in [7, 11) is -2.15. The molecule has 130 valence electrons. The second-order valence-electron chi connectivity index (χ2n) is 6.39. The predicted octanol–water partition coefficient (Wildman–Crippen LogP) is 3.85. The molecule has 1 aliphatic carbocycles. The highest BCUT2D eigenvalue weighted by molar-refractivity contribution is 9.10. The Kier molecular flexibility index (Phi) is 4.76. The molecule has 0 radical (unpaired) electrons. The maximum atomic E-state index is 13.2. The normalized spacial score (nSPS) is 25.4. The van der Waals surface area contributed by atoms with Crippen LogP contribution in [-0.4, -0.2) is 27.4 Å². The van der Waals surface area contributed by atoms with Crippen molar-refractivity contribution in [2.24, 2.45) is 5.41 Å². The molecule has 25 heavy (non-hydrogen) atoms. The molecule has 3 rings (SSSR count). The van der Waals surface area contributed by atoms with E-state index in [4.69, 9.17) is 4.74 Å². The van der Waals surface area contributed by atoms with E-state index in [1.807, 2.05) is 31.2 Å². The average molecular weight is 420 g/mol. The first kappa shape index (κ1) is 18.1. The van der Waals surface area contributed by atoms with Gasteiger partial charge in [-0.1, -0.05) is 45.8 Å². The summed E-state index contributed by atoms with van der Waals surface area (Å²) in [6.07, 6.45) is 0. The van der Waals surface area contributed by atoms with Crippen LogP contribution in [0, 0.1) is 23.7 Å². The van der Waals surface area contributed by atoms with E-state index in [9.17, 15) is 13.7 Å². The molecule has 0 aromatic heterocycles. The summed E-state index contributed by atoms with van der Waals surface area (Å²) in [6.45, 7) is 1.99. The lowest BCUT2D eigenvalue weighted by molar-refractivity contribution is 0.162. The zero-order valence-corrected chi connectivity index (χ0v) is 16.3. The molecule has 0 unspecified atom stereocenters. The predicted molar refractivity (Wildman–Crippen MR) is 99.0 cm³/mol. The molecular weight excluding hydrogens is 402 g/mol. The van der Waals surface area contributed by atoms with Crippen LogP contribution < -0.4 is 0 Å². The third-order valence-corrected chi connectivity index (χ3v) is 7.58. The summed E-state index contributed by atoms with van der Waals surface area (Å²) >= 11 is 3.38. The van der Waals surface area contributed by atoms with E-state index in [0.717, 1.165) is 15.6 Å². The fourth-order valence-electron chi connectivity index (χ4n) is 3.45. The van der Waals surface area contributed by atoms with E-state index in [-0.39, 0.29) is 11.5 Å². The summed E-state index contributed by atoms with van der Waals surface area (Å²) in [5.41, 5.74) is 0.761. The van der Waals surface area contributed by atoms with Gasteiger partial charge in [0, 0.05) is 17.5 Å². The van der Waals surface area contributed by atoms with Gasteiger partial charge in [0.2, 0.25) is 0 Å². The maximum Gasteiger partial charge on any atom is 0.183 e. The molecule has 1 aliphatic rings. The molecule has 0 spiro atoms. The minimum atomic E-state index is -3.65. The van der Waals surface area contributed by atoms with Gasteiger partial charge in [0.05, 0.1) is 22.8 Å². The minimum Gasteiger partial charge on any atom is -0.383 e.